The fourth-order valence-electron chi connectivity index (χ4n) is 7.50. The smallest absolute Gasteiger partial charge is 0.306 e. The van der Waals surface area contributed by atoms with E-state index in [0.717, 1.165) is 96.3 Å². The lowest BCUT2D eigenvalue weighted by Gasteiger charge is -2.18. The lowest BCUT2D eigenvalue weighted by molar-refractivity contribution is -0.167. The summed E-state index contributed by atoms with van der Waals surface area (Å²) in [5.74, 6) is -0.991. The number of allylic oxidation sites excluding steroid dienone is 24. The summed E-state index contributed by atoms with van der Waals surface area (Å²) in [6, 6.07) is 0. The molecular formula is C66H104O6. The van der Waals surface area contributed by atoms with Crippen LogP contribution in [-0.2, 0) is 28.6 Å². The highest BCUT2D eigenvalue weighted by molar-refractivity contribution is 5.71. The highest BCUT2D eigenvalue weighted by atomic mass is 16.6. The van der Waals surface area contributed by atoms with Gasteiger partial charge in [0.05, 0.1) is 0 Å². The Morgan fingerprint density at radius 3 is 0.958 bits per heavy atom. The molecule has 1 unspecified atom stereocenters. The summed E-state index contributed by atoms with van der Waals surface area (Å²) in [5, 5.41) is 0. The van der Waals surface area contributed by atoms with Crippen molar-refractivity contribution < 1.29 is 28.6 Å². The molecule has 0 radical (unpaired) electrons. The Hall–Kier alpha value is -4.71. The highest BCUT2D eigenvalue weighted by Gasteiger charge is 2.19. The maximum absolute atomic E-state index is 12.9. The van der Waals surface area contributed by atoms with Crippen molar-refractivity contribution in [3.63, 3.8) is 0 Å². The lowest BCUT2D eigenvalue weighted by Crippen LogP contribution is -2.30. The summed E-state index contributed by atoms with van der Waals surface area (Å²) in [6.07, 6.45) is 84.0. The molecule has 0 aliphatic heterocycles. The van der Waals surface area contributed by atoms with Gasteiger partial charge in [-0.25, -0.2) is 0 Å². The number of esters is 3. The fraction of sp³-hybridized carbons (Fsp3) is 0.591. The van der Waals surface area contributed by atoms with Gasteiger partial charge in [0.15, 0.2) is 6.10 Å². The molecule has 0 spiro atoms. The van der Waals surface area contributed by atoms with Crippen LogP contribution >= 0.6 is 0 Å². The van der Waals surface area contributed by atoms with Crippen LogP contribution in [0.2, 0.25) is 0 Å². The second kappa shape index (κ2) is 58.9. The van der Waals surface area contributed by atoms with Crippen molar-refractivity contribution in [1.29, 1.82) is 0 Å². The Morgan fingerprint density at radius 2 is 0.583 bits per heavy atom. The number of unbranched alkanes of at least 4 members (excludes halogenated alkanes) is 24. The third-order valence-corrected chi connectivity index (χ3v) is 11.8. The molecule has 0 rings (SSSR count). The molecule has 1 atom stereocenters. The Kier molecular flexibility index (Phi) is 55.0. The normalized spacial score (nSPS) is 13.2. The Balaban J connectivity index is 4.55. The van der Waals surface area contributed by atoms with Gasteiger partial charge in [0.1, 0.15) is 13.2 Å². The summed E-state index contributed by atoms with van der Waals surface area (Å²) in [6.45, 7) is 6.34. The van der Waals surface area contributed by atoms with Gasteiger partial charge in [0.2, 0.25) is 0 Å². The van der Waals surface area contributed by atoms with Crippen LogP contribution in [0.4, 0.5) is 0 Å². The summed E-state index contributed by atoms with van der Waals surface area (Å²) >= 11 is 0. The molecule has 0 aliphatic carbocycles. The fourth-order valence-corrected chi connectivity index (χ4v) is 7.50. The van der Waals surface area contributed by atoms with Crippen molar-refractivity contribution in [2.24, 2.45) is 0 Å². The van der Waals surface area contributed by atoms with Gasteiger partial charge < -0.3 is 14.2 Å². The van der Waals surface area contributed by atoms with E-state index in [0.29, 0.717) is 12.8 Å². The average molecular weight is 994 g/mol. The summed E-state index contributed by atoms with van der Waals surface area (Å²) in [7, 11) is 0. The van der Waals surface area contributed by atoms with Crippen LogP contribution in [-0.4, -0.2) is 37.2 Å². The Bertz CT molecular complexity index is 1610. The quantitative estimate of drug-likeness (QED) is 0.0199. The SMILES string of the molecule is CC\C=C/C=C\C=C/C=C\C=C\C=C/CCCCCC(=O)OCC(COC(=O)CCCCCCCCC/C=C\CCCCCCCCCC)OC(=O)CCCCCCC\C=C/C=C\C=C/C=C\C=C/CCC. The molecule has 0 fully saturated rings. The van der Waals surface area contributed by atoms with Crippen molar-refractivity contribution >= 4 is 17.9 Å². The minimum Gasteiger partial charge on any atom is -0.462 e. The second-order valence-corrected chi connectivity index (χ2v) is 18.7. The number of hydrogen-bond donors (Lipinski definition) is 0. The van der Waals surface area contributed by atoms with E-state index >= 15 is 0 Å². The van der Waals surface area contributed by atoms with Crippen LogP contribution in [0.15, 0.2) is 146 Å². The Labute approximate surface area is 442 Å². The van der Waals surface area contributed by atoms with E-state index in [2.05, 4.69) is 69.4 Å². The molecule has 0 amide bonds. The first-order valence-corrected chi connectivity index (χ1v) is 29.0. The molecule has 0 N–H and O–H groups in total. The van der Waals surface area contributed by atoms with Gasteiger partial charge in [0.25, 0.3) is 0 Å². The van der Waals surface area contributed by atoms with Gasteiger partial charge in [-0.3, -0.25) is 14.4 Å². The number of ether oxygens (including phenoxy) is 3. The predicted molar refractivity (Wildman–Crippen MR) is 311 cm³/mol. The van der Waals surface area contributed by atoms with E-state index in [-0.39, 0.29) is 37.5 Å². The van der Waals surface area contributed by atoms with Crippen LogP contribution in [0.25, 0.3) is 0 Å². The van der Waals surface area contributed by atoms with Gasteiger partial charge in [-0.15, -0.1) is 0 Å². The average Bonchev–Trinajstić information content (AvgIpc) is 3.38. The van der Waals surface area contributed by atoms with Gasteiger partial charge in [0, 0.05) is 19.3 Å². The zero-order chi connectivity index (χ0) is 52.2. The minimum absolute atomic E-state index is 0.111. The molecule has 0 saturated heterocycles. The molecule has 72 heavy (non-hydrogen) atoms. The van der Waals surface area contributed by atoms with E-state index in [4.69, 9.17) is 14.2 Å². The van der Waals surface area contributed by atoms with Gasteiger partial charge in [-0.2, -0.15) is 0 Å². The molecule has 6 nitrogen and oxygen atoms in total. The molecular weight excluding hydrogens is 889 g/mol. The number of rotatable bonds is 50. The third kappa shape index (κ3) is 56.2. The van der Waals surface area contributed by atoms with E-state index in [9.17, 15) is 14.4 Å². The number of carbonyl (C=O) groups excluding carboxylic acids is 3. The van der Waals surface area contributed by atoms with E-state index < -0.39 is 6.10 Å². The second-order valence-electron chi connectivity index (χ2n) is 18.7. The molecule has 0 aromatic carbocycles. The van der Waals surface area contributed by atoms with Crippen molar-refractivity contribution in [2.75, 3.05) is 13.2 Å². The zero-order valence-corrected chi connectivity index (χ0v) is 46.1. The van der Waals surface area contributed by atoms with Gasteiger partial charge in [-0.1, -0.05) is 276 Å². The number of carbonyl (C=O) groups is 3. The van der Waals surface area contributed by atoms with E-state index in [1.807, 2.05) is 97.2 Å². The first-order chi connectivity index (χ1) is 35.5. The molecule has 0 bridgehead atoms. The molecule has 6 heteroatoms. The summed E-state index contributed by atoms with van der Waals surface area (Å²) < 4.78 is 16.8. The predicted octanol–water partition coefficient (Wildman–Crippen LogP) is 19.6. The van der Waals surface area contributed by atoms with Crippen molar-refractivity contribution in [3.8, 4) is 0 Å². The van der Waals surface area contributed by atoms with Crippen LogP contribution in [0.5, 0.6) is 0 Å². The van der Waals surface area contributed by atoms with Crippen LogP contribution in [0.1, 0.15) is 233 Å². The topological polar surface area (TPSA) is 78.9 Å². The first-order valence-electron chi connectivity index (χ1n) is 29.0. The van der Waals surface area contributed by atoms with Crippen molar-refractivity contribution in [3.05, 3.63) is 146 Å². The van der Waals surface area contributed by atoms with Gasteiger partial charge in [-0.05, 0) is 83.5 Å². The summed E-state index contributed by atoms with van der Waals surface area (Å²) in [4.78, 5) is 38.2. The third-order valence-electron chi connectivity index (χ3n) is 11.8. The van der Waals surface area contributed by atoms with Crippen molar-refractivity contribution in [2.45, 2.75) is 239 Å². The molecule has 0 aromatic rings. The summed E-state index contributed by atoms with van der Waals surface area (Å²) in [5.41, 5.74) is 0. The van der Waals surface area contributed by atoms with Crippen LogP contribution < -0.4 is 0 Å². The zero-order valence-electron chi connectivity index (χ0n) is 46.1. The molecule has 0 heterocycles. The Morgan fingerprint density at radius 1 is 0.292 bits per heavy atom. The van der Waals surface area contributed by atoms with Crippen LogP contribution in [0, 0.1) is 0 Å². The van der Waals surface area contributed by atoms with Gasteiger partial charge >= 0.3 is 17.9 Å². The first kappa shape index (κ1) is 67.3. The molecule has 0 aliphatic rings. The van der Waals surface area contributed by atoms with E-state index in [1.165, 1.54) is 96.3 Å². The molecule has 0 saturated carbocycles. The lowest BCUT2D eigenvalue weighted by atomic mass is 10.1. The standard InChI is InChI=1S/C66H104O6/c1-4-7-10-13-16-19-22-25-28-31-33-36-38-41-44-47-50-53-56-59-65(68)71-62-63(61-70-64(67)58-55-52-49-46-43-40-37-34-30-27-24-21-18-15-12-9-6-3)72-66(69)60-57-54-51-48-45-42-39-35-32-29-26-23-20-17-14-11-8-5-2/h9,11-12,14-15,17-18,20-21,23-24,26-27,29-35,37,39-40,43,63H,4-8,10,13,16,19,22,25,28,36,38,41-42,44-62H2,1-3H3/b12-9-,14-11-,18-15-,20-17-,24-21-,26-23-,30-27-,32-29-,33-31-,37-34+,39-35-,43-40-. The number of hydrogen-bond acceptors (Lipinski definition) is 6. The maximum Gasteiger partial charge on any atom is 0.306 e. The highest BCUT2D eigenvalue weighted by Crippen LogP contribution is 2.14. The molecule has 404 valence electrons. The van der Waals surface area contributed by atoms with E-state index in [1.54, 1.807) is 0 Å². The largest absolute Gasteiger partial charge is 0.462 e. The minimum atomic E-state index is -0.820. The van der Waals surface area contributed by atoms with Crippen molar-refractivity contribution in [1.82, 2.24) is 0 Å². The van der Waals surface area contributed by atoms with Crippen LogP contribution in [0.3, 0.4) is 0 Å². The molecule has 0 aromatic heterocycles. The monoisotopic (exact) mass is 993 g/mol. The maximum atomic E-state index is 12.9.